The summed E-state index contributed by atoms with van der Waals surface area (Å²) in [5.74, 6) is -3.20. The van der Waals surface area contributed by atoms with E-state index in [2.05, 4.69) is 5.32 Å². The molecule has 3 atom stereocenters. The number of nitrogens with two attached hydrogens (primary N) is 1. The first-order valence-corrected chi connectivity index (χ1v) is 8.44. The van der Waals surface area contributed by atoms with Crippen LogP contribution in [0.15, 0.2) is 0 Å². The van der Waals surface area contributed by atoms with E-state index in [1.807, 2.05) is 13.8 Å². The monoisotopic (exact) mass is 357 g/mol. The molecule has 1 aliphatic rings. The van der Waals surface area contributed by atoms with Crippen LogP contribution in [-0.4, -0.2) is 63.5 Å². The van der Waals surface area contributed by atoms with Crippen LogP contribution in [0.4, 0.5) is 0 Å². The molecular weight excluding hydrogens is 330 g/mol. The highest BCUT2D eigenvalue weighted by molar-refractivity contribution is 5.88. The third-order valence-electron chi connectivity index (χ3n) is 4.21. The number of nitrogens with one attached hydrogen (secondary N) is 1. The van der Waals surface area contributed by atoms with Crippen LogP contribution in [0.2, 0.25) is 0 Å². The van der Waals surface area contributed by atoms with E-state index in [4.69, 9.17) is 5.73 Å². The Morgan fingerprint density at radius 1 is 1.20 bits per heavy atom. The van der Waals surface area contributed by atoms with Crippen molar-refractivity contribution in [1.82, 2.24) is 10.2 Å². The number of likely N-dealkylation sites (tertiary alicyclic amines) is 1. The van der Waals surface area contributed by atoms with Crippen molar-refractivity contribution in [2.45, 2.75) is 64.1 Å². The lowest BCUT2D eigenvalue weighted by molar-refractivity contribution is -0.150. The number of carboxylic acids is 2. The van der Waals surface area contributed by atoms with Crippen LogP contribution >= 0.6 is 0 Å². The van der Waals surface area contributed by atoms with Gasteiger partial charge in [-0.05, 0) is 31.6 Å². The maximum atomic E-state index is 12.8. The van der Waals surface area contributed by atoms with Crippen LogP contribution in [-0.2, 0) is 19.2 Å². The van der Waals surface area contributed by atoms with E-state index in [-0.39, 0.29) is 18.8 Å². The van der Waals surface area contributed by atoms with Crippen LogP contribution in [0.5, 0.6) is 0 Å². The Kier molecular flexibility index (Phi) is 7.82. The van der Waals surface area contributed by atoms with Gasteiger partial charge in [0.25, 0.3) is 0 Å². The van der Waals surface area contributed by atoms with Crippen molar-refractivity contribution in [2.75, 3.05) is 6.54 Å². The van der Waals surface area contributed by atoms with Crippen molar-refractivity contribution >= 4 is 23.8 Å². The second-order valence-electron chi connectivity index (χ2n) is 6.77. The number of rotatable bonds is 10. The molecule has 1 fully saturated rings. The van der Waals surface area contributed by atoms with E-state index < -0.39 is 41.9 Å². The number of carbonyl (C=O) groups is 4. The minimum Gasteiger partial charge on any atom is -0.480 e. The first kappa shape index (κ1) is 20.9. The normalized spacial score (nSPS) is 19.6. The molecule has 1 rings (SSSR count). The van der Waals surface area contributed by atoms with Gasteiger partial charge in [-0.15, -0.1) is 0 Å². The third kappa shape index (κ3) is 6.33. The van der Waals surface area contributed by atoms with Gasteiger partial charge in [0.05, 0.1) is 6.04 Å². The Morgan fingerprint density at radius 2 is 1.84 bits per heavy atom. The van der Waals surface area contributed by atoms with Gasteiger partial charge in [-0.2, -0.15) is 0 Å². The van der Waals surface area contributed by atoms with Gasteiger partial charge in [0.2, 0.25) is 11.8 Å². The molecule has 5 N–H and O–H groups in total. The predicted octanol–water partition coefficient (Wildman–Crippen LogP) is -0.215. The number of aliphatic carboxylic acids is 2. The number of primary amides is 1. The summed E-state index contributed by atoms with van der Waals surface area (Å²) in [6, 6.07) is -2.85. The fourth-order valence-electron chi connectivity index (χ4n) is 3.01. The summed E-state index contributed by atoms with van der Waals surface area (Å²) in [6.45, 7) is 4.02. The second-order valence-corrected chi connectivity index (χ2v) is 6.77. The second kappa shape index (κ2) is 9.36. The zero-order valence-corrected chi connectivity index (χ0v) is 14.6. The van der Waals surface area contributed by atoms with Gasteiger partial charge >= 0.3 is 11.9 Å². The average molecular weight is 357 g/mol. The van der Waals surface area contributed by atoms with E-state index in [0.717, 1.165) is 0 Å². The van der Waals surface area contributed by atoms with Crippen LogP contribution < -0.4 is 11.1 Å². The predicted molar refractivity (Wildman–Crippen MR) is 88.6 cm³/mol. The van der Waals surface area contributed by atoms with E-state index in [0.29, 0.717) is 25.8 Å². The molecule has 1 heterocycles. The number of hydrogen-bond donors (Lipinski definition) is 4. The van der Waals surface area contributed by atoms with Gasteiger partial charge in [0.1, 0.15) is 12.1 Å². The van der Waals surface area contributed by atoms with Crippen LogP contribution in [0.1, 0.15) is 46.0 Å². The smallest absolute Gasteiger partial charge is 0.326 e. The number of nitrogens with zero attached hydrogens (tertiary/aromatic N) is 1. The summed E-state index contributed by atoms with van der Waals surface area (Å²) in [5, 5.41) is 21.4. The highest BCUT2D eigenvalue weighted by Gasteiger charge is 2.38. The average Bonchev–Trinajstić information content (AvgIpc) is 2.98. The zero-order valence-electron chi connectivity index (χ0n) is 14.6. The highest BCUT2D eigenvalue weighted by atomic mass is 16.4. The molecule has 142 valence electrons. The molecule has 9 nitrogen and oxygen atoms in total. The first-order chi connectivity index (χ1) is 11.6. The molecule has 1 aliphatic heterocycles. The molecule has 25 heavy (non-hydrogen) atoms. The van der Waals surface area contributed by atoms with Crippen LogP contribution in [0, 0.1) is 5.92 Å². The van der Waals surface area contributed by atoms with Crippen molar-refractivity contribution in [2.24, 2.45) is 11.7 Å². The van der Waals surface area contributed by atoms with Crippen molar-refractivity contribution in [3.05, 3.63) is 0 Å². The maximum absolute atomic E-state index is 12.8. The van der Waals surface area contributed by atoms with Crippen molar-refractivity contribution in [1.29, 1.82) is 0 Å². The topological polar surface area (TPSA) is 150 Å². The van der Waals surface area contributed by atoms with Gasteiger partial charge < -0.3 is 20.8 Å². The van der Waals surface area contributed by atoms with Gasteiger partial charge in [0.15, 0.2) is 0 Å². The molecule has 9 heteroatoms. The Morgan fingerprint density at radius 3 is 2.32 bits per heavy atom. The first-order valence-electron chi connectivity index (χ1n) is 8.44. The SMILES string of the molecule is CC(C)C[C@H](N[C@@H](CCC(N)=O)C(=O)N1CCC[C@H]1C(=O)O)C(=O)O. The molecule has 0 aromatic carbocycles. The van der Waals surface area contributed by atoms with Gasteiger partial charge in [-0.25, -0.2) is 4.79 Å². The molecule has 0 saturated carbocycles. The molecule has 2 amide bonds. The summed E-state index contributed by atoms with van der Waals surface area (Å²) in [5.41, 5.74) is 5.14. The van der Waals surface area contributed by atoms with Gasteiger partial charge in [-0.1, -0.05) is 13.8 Å². The molecule has 0 bridgehead atoms. The highest BCUT2D eigenvalue weighted by Crippen LogP contribution is 2.20. The van der Waals surface area contributed by atoms with E-state index in [1.54, 1.807) is 0 Å². The number of carbonyl (C=O) groups excluding carboxylic acids is 2. The lowest BCUT2D eigenvalue weighted by atomic mass is 10.0. The Bertz CT molecular complexity index is 522. The minimum atomic E-state index is -1.10. The van der Waals surface area contributed by atoms with Crippen molar-refractivity contribution in [3.63, 3.8) is 0 Å². The van der Waals surface area contributed by atoms with Crippen LogP contribution in [0.25, 0.3) is 0 Å². The van der Waals surface area contributed by atoms with E-state index in [1.165, 1.54) is 4.90 Å². The summed E-state index contributed by atoms with van der Waals surface area (Å²) in [7, 11) is 0. The minimum absolute atomic E-state index is 0.0267. The fourth-order valence-corrected chi connectivity index (χ4v) is 3.01. The summed E-state index contributed by atoms with van der Waals surface area (Å²) in [4.78, 5) is 47.8. The summed E-state index contributed by atoms with van der Waals surface area (Å²) >= 11 is 0. The Labute approximate surface area is 146 Å². The Hall–Kier alpha value is -2.16. The van der Waals surface area contributed by atoms with Crippen molar-refractivity contribution < 1.29 is 29.4 Å². The molecule has 1 saturated heterocycles. The van der Waals surface area contributed by atoms with Crippen molar-refractivity contribution in [3.8, 4) is 0 Å². The molecule has 0 radical (unpaired) electrons. The number of hydrogen-bond acceptors (Lipinski definition) is 5. The van der Waals surface area contributed by atoms with Gasteiger partial charge in [0, 0.05) is 13.0 Å². The summed E-state index contributed by atoms with van der Waals surface area (Å²) in [6.07, 6.45) is 1.16. The molecule has 0 unspecified atom stereocenters. The third-order valence-corrected chi connectivity index (χ3v) is 4.21. The molecule has 0 aromatic heterocycles. The van der Waals surface area contributed by atoms with E-state index >= 15 is 0 Å². The zero-order chi connectivity index (χ0) is 19.1. The molecule has 0 aromatic rings. The largest absolute Gasteiger partial charge is 0.480 e. The lowest BCUT2D eigenvalue weighted by Crippen LogP contribution is -2.54. The lowest BCUT2D eigenvalue weighted by Gasteiger charge is -2.29. The number of amides is 2. The van der Waals surface area contributed by atoms with Gasteiger partial charge in [-0.3, -0.25) is 19.7 Å². The summed E-state index contributed by atoms with van der Waals surface area (Å²) < 4.78 is 0. The standard InChI is InChI=1S/C16H27N3O6/c1-9(2)8-11(15(22)23)18-10(5-6-13(17)20)14(21)19-7-3-4-12(19)16(24)25/h9-12,18H,3-8H2,1-2H3,(H2,17,20)(H,22,23)(H,24,25)/t10-,11-,12-/m0/s1. The van der Waals surface area contributed by atoms with Crippen LogP contribution in [0.3, 0.4) is 0 Å². The maximum Gasteiger partial charge on any atom is 0.326 e. The molecular formula is C16H27N3O6. The molecule has 0 spiro atoms. The fraction of sp³-hybridized carbons (Fsp3) is 0.750. The number of carboxylic acid groups (broad SMARTS) is 2. The van der Waals surface area contributed by atoms with E-state index in [9.17, 15) is 29.4 Å². The Balaban J connectivity index is 2.93. The quantitative estimate of drug-likeness (QED) is 0.422. The molecule has 0 aliphatic carbocycles.